The molecule has 7 nitrogen and oxygen atoms in total. The fourth-order valence-corrected chi connectivity index (χ4v) is 3.09. The number of carboxylic acid groups (broad SMARTS) is 1. The molecule has 1 amide bonds. The second-order valence-corrected chi connectivity index (χ2v) is 6.18. The van der Waals surface area contributed by atoms with E-state index in [4.69, 9.17) is 14.3 Å². The molecule has 1 N–H and O–H groups in total. The molecule has 23 heavy (non-hydrogen) atoms. The minimum Gasteiger partial charge on any atom is -0.481 e. The van der Waals surface area contributed by atoms with Crippen molar-refractivity contribution in [3.05, 3.63) is 29.5 Å². The largest absolute Gasteiger partial charge is 0.481 e. The first-order chi connectivity index (χ1) is 11.1. The number of oxazole rings is 1. The fourth-order valence-electron chi connectivity index (χ4n) is 2.43. The van der Waals surface area contributed by atoms with Crippen molar-refractivity contribution in [2.75, 3.05) is 19.7 Å². The molecule has 1 saturated heterocycles. The average Bonchev–Trinajstić information content (AvgIpc) is 3.17. The zero-order valence-corrected chi connectivity index (χ0v) is 13.1. The van der Waals surface area contributed by atoms with Crippen LogP contribution in [0.15, 0.2) is 28.2 Å². The third-order valence-corrected chi connectivity index (χ3v) is 4.37. The summed E-state index contributed by atoms with van der Waals surface area (Å²) in [6, 6.07) is 3.81. The van der Waals surface area contributed by atoms with E-state index in [2.05, 4.69) is 4.98 Å². The summed E-state index contributed by atoms with van der Waals surface area (Å²) in [5.74, 6) is -0.523. The maximum atomic E-state index is 12.3. The molecule has 1 fully saturated rings. The van der Waals surface area contributed by atoms with Gasteiger partial charge < -0.3 is 19.2 Å². The number of carbonyl (C=O) groups excluding carboxylic acids is 1. The van der Waals surface area contributed by atoms with Gasteiger partial charge in [-0.05, 0) is 11.4 Å². The predicted octanol–water partition coefficient (Wildman–Crippen LogP) is 1.65. The molecule has 1 aliphatic rings. The third kappa shape index (κ3) is 3.96. The van der Waals surface area contributed by atoms with Gasteiger partial charge in [0, 0.05) is 13.1 Å². The lowest BCUT2D eigenvalue weighted by molar-refractivity contribution is -0.147. The Kier molecular flexibility index (Phi) is 4.73. The Morgan fingerprint density at radius 2 is 2.35 bits per heavy atom. The number of ether oxygens (including phenoxy) is 1. The quantitative estimate of drug-likeness (QED) is 0.892. The van der Waals surface area contributed by atoms with Crippen molar-refractivity contribution in [3.63, 3.8) is 0 Å². The maximum Gasteiger partial charge on any atom is 0.306 e. The van der Waals surface area contributed by atoms with Gasteiger partial charge >= 0.3 is 5.97 Å². The highest BCUT2D eigenvalue weighted by molar-refractivity contribution is 7.13. The van der Waals surface area contributed by atoms with Crippen LogP contribution in [0.2, 0.25) is 0 Å². The van der Waals surface area contributed by atoms with Crippen molar-refractivity contribution >= 4 is 23.2 Å². The molecular weight excluding hydrogens is 320 g/mol. The number of amides is 1. The van der Waals surface area contributed by atoms with Gasteiger partial charge in [-0.15, -0.1) is 11.3 Å². The Morgan fingerprint density at radius 3 is 3.09 bits per heavy atom. The van der Waals surface area contributed by atoms with Gasteiger partial charge in [-0.25, -0.2) is 4.98 Å². The van der Waals surface area contributed by atoms with Gasteiger partial charge in [0.1, 0.15) is 6.26 Å². The van der Waals surface area contributed by atoms with Crippen LogP contribution in [0.25, 0.3) is 10.8 Å². The lowest BCUT2D eigenvalue weighted by Crippen LogP contribution is -2.46. The van der Waals surface area contributed by atoms with Crippen molar-refractivity contribution in [2.45, 2.75) is 18.9 Å². The van der Waals surface area contributed by atoms with Crippen molar-refractivity contribution < 1.29 is 23.8 Å². The lowest BCUT2D eigenvalue weighted by atomic mass is 10.2. The molecule has 0 aromatic carbocycles. The highest BCUT2D eigenvalue weighted by Crippen LogP contribution is 2.24. The SMILES string of the molecule is O=C(O)C[C@@H]1CN(C(=O)Cc2coc(-c3cccs3)n2)CCO1. The van der Waals surface area contributed by atoms with Gasteiger partial charge in [-0.3, -0.25) is 9.59 Å². The zero-order chi connectivity index (χ0) is 16.2. The number of carbonyl (C=O) groups is 2. The summed E-state index contributed by atoms with van der Waals surface area (Å²) in [5, 5.41) is 10.7. The maximum absolute atomic E-state index is 12.3. The van der Waals surface area contributed by atoms with Crippen LogP contribution in [-0.2, 0) is 20.7 Å². The second kappa shape index (κ2) is 6.93. The molecule has 122 valence electrons. The molecule has 2 aromatic rings. The first-order valence-corrected chi connectivity index (χ1v) is 8.09. The molecule has 1 atom stereocenters. The Balaban J connectivity index is 1.59. The molecule has 0 unspecified atom stereocenters. The van der Waals surface area contributed by atoms with E-state index in [0.717, 1.165) is 4.88 Å². The molecule has 3 heterocycles. The third-order valence-electron chi connectivity index (χ3n) is 3.51. The number of thiophene rings is 1. The fraction of sp³-hybridized carbons (Fsp3) is 0.400. The number of nitrogens with zero attached hydrogens (tertiary/aromatic N) is 2. The van der Waals surface area contributed by atoms with Crippen LogP contribution in [-0.4, -0.2) is 52.7 Å². The first kappa shape index (κ1) is 15.7. The second-order valence-electron chi connectivity index (χ2n) is 5.23. The molecule has 3 rings (SSSR count). The summed E-state index contributed by atoms with van der Waals surface area (Å²) in [7, 11) is 0. The Hall–Kier alpha value is -2.19. The number of hydrogen-bond donors (Lipinski definition) is 1. The number of rotatable bonds is 5. The van der Waals surface area contributed by atoms with Crippen LogP contribution in [0.5, 0.6) is 0 Å². The average molecular weight is 336 g/mol. The normalized spacial score (nSPS) is 18.1. The summed E-state index contributed by atoms with van der Waals surface area (Å²) < 4.78 is 10.8. The van der Waals surface area contributed by atoms with Crippen LogP contribution in [0.3, 0.4) is 0 Å². The van der Waals surface area contributed by atoms with Crippen molar-refractivity contribution in [1.29, 1.82) is 0 Å². The Morgan fingerprint density at radius 1 is 1.48 bits per heavy atom. The van der Waals surface area contributed by atoms with Crippen LogP contribution in [0.4, 0.5) is 0 Å². The highest BCUT2D eigenvalue weighted by atomic mass is 32.1. The standard InChI is InChI=1S/C15H16N2O5S/c18-13(17-3-4-21-11(8-17)7-14(19)20)6-10-9-22-15(16-10)12-2-1-5-23-12/h1-2,5,9,11H,3-4,6-8H2,(H,19,20)/t11-/m1/s1. The highest BCUT2D eigenvalue weighted by Gasteiger charge is 2.26. The Labute approximate surface area is 136 Å². The van der Waals surface area contributed by atoms with Gasteiger partial charge in [-0.1, -0.05) is 6.07 Å². The zero-order valence-electron chi connectivity index (χ0n) is 12.3. The lowest BCUT2D eigenvalue weighted by Gasteiger charge is -2.32. The van der Waals surface area contributed by atoms with Gasteiger partial charge in [0.15, 0.2) is 0 Å². The van der Waals surface area contributed by atoms with Gasteiger partial charge in [0.2, 0.25) is 11.8 Å². The number of carboxylic acids is 1. The van der Waals surface area contributed by atoms with E-state index >= 15 is 0 Å². The number of aliphatic carboxylic acids is 1. The topological polar surface area (TPSA) is 92.9 Å². The van der Waals surface area contributed by atoms with Crippen molar-refractivity contribution in [1.82, 2.24) is 9.88 Å². The monoisotopic (exact) mass is 336 g/mol. The number of morpholine rings is 1. The van der Waals surface area contributed by atoms with Gasteiger partial charge in [-0.2, -0.15) is 0 Å². The molecule has 0 radical (unpaired) electrons. The molecule has 0 aliphatic carbocycles. The minimum atomic E-state index is -0.929. The minimum absolute atomic E-state index is 0.101. The number of hydrogen-bond acceptors (Lipinski definition) is 6. The van der Waals surface area contributed by atoms with E-state index in [1.54, 1.807) is 4.90 Å². The summed E-state index contributed by atoms with van der Waals surface area (Å²) in [6.45, 7) is 1.11. The van der Waals surface area contributed by atoms with Crippen LogP contribution >= 0.6 is 11.3 Å². The van der Waals surface area contributed by atoms with E-state index in [1.807, 2.05) is 17.5 Å². The molecule has 0 spiro atoms. The van der Waals surface area contributed by atoms with Crippen molar-refractivity contribution in [2.24, 2.45) is 0 Å². The van der Waals surface area contributed by atoms with Gasteiger partial charge in [0.05, 0.1) is 36.1 Å². The molecule has 1 aliphatic heterocycles. The van der Waals surface area contributed by atoms with E-state index in [9.17, 15) is 9.59 Å². The van der Waals surface area contributed by atoms with Gasteiger partial charge in [0.25, 0.3) is 0 Å². The molecule has 8 heteroatoms. The summed E-state index contributed by atoms with van der Waals surface area (Å²) in [5.41, 5.74) is 0.569. The van der Waals surface area contributed by atoms with Crippen LogP contribution in [0, 0.1) is 0 Å². The Bertz CT molecular complexity index is 682. The van der Waals surface area contributed by atoms with Crippen molar-refractivity contribution in [3.8, 4) is 10.8 Å². The van der Waals surface area contributed by atoms with E-state index in [0.29, 0.717) is 31.3 Å². The van der Waals surface area contributed by atoms with E-state index in [-0.39, 0.29) is 18.7 Å². The molecule has 0 saturated carbocycles. The van der Waals surface area contributed by atoms with Crippen LogP contribution < -0.4 is 0 Å². The molecule has 0 bridgehead atoms. The number of aromatic nitrogens is 1. The van der Waals surface area contributed by atoms with E-state index in [1.165, 1.54) is 17.6 Å². The molecular formula is C15H16N2O5S. The first-order valence-electron chi connectivity index (χ1n) is 7.21. The van der Waals surface area contributed by atoms with E-state index < -0.39 is 12.1 Å². The summed E-state index contributed by atoms with van der Waals surface area (Å²) >= 11 is 1.52. The predicted molar refractivity (Wildman–Crippen MR) is 82.1 cm³/mol. The summed E-state index contributed by atoms with van der Waals surface area (Å²) in [6.07, 6.45) is 1.07. The van der Waals surface area contributed by atoms with Crippen LogP contribution in [0.1, 0.15) is 12.1 Å². The summed E-state index contributed by atoms with van der Waals surface area (Å²) in [4.78, 5) is 29.9. The smallest absolute Gasteiger partial charge is 0.306 e. The molecule has 2 aromatic heterocycles.